The summed E-state index contributed by atoms with van der Waals surface area (Å²) in [5.74, 6) is -0.583. The van der Waals surface area contributed by atoms with Gasteiger partial charge in [-0.2, -0.15) is 0 Å². The largest absolute Gasteiger partial charge is 0.467 e. The molecule has 0 N–H and O–H groups in total. The fourth-order valence-electron chi connectivity index (χ4n) is 3.49. The average molecular weight is 404 g/mol. The molecule has 1 aromatic carbocycles. The number of carbonyl (C=O) groups is 2. The van der Waals surface area contributed by atoms with E-state index in [1.54, 1.807) is 24.3 Å². The van der Waals surface area contributed by atoms with Crippen LogP contribution >= 0.6 is 0 Å². The van der Waals surface area contributed by atoms with Crippen molar-refractivity contribution in [1.82, 2.24) is 9.21 Å². The SMILES string of the molecule is O=C(CN1C(=O)c2ccccc2S1(=O)=O)N(Cc1ccco1)C[C@H]1CCCO1. The molecule has 0 bridgehead atoms. The van der Waals surface area contributed by atoms with E-state index < -0.39 is 28.4 Å². The molecular weight excluding hydrogens is 384 g/mol. The molecule has 2 aliphatic heterocycles. The third kappa shape index (κ3) is 3.43. The molecule has 1 atom stereocenters. The van der Waals surface area contributed by atoms with Crippen molar-refractivity contribution >= 4 is 21.8 Å². The molecule has 28 heavy (non-hydrogen) atoms. The van der Waals surface area contributed by atoms with Gasteiger partial charge in [0.05, 0.1) is 24.5 Å². The Morgan fingerprint density at radius 1 is 1.21 bits per heavy atom. The van der Waals surface area contributed by atoms with Crippen molar-refractivity contribution in [2.24, 2.45) is 0 Å². The Morgan fingerprint density at radius 2 is 2.04 bits per heavy atom. The minimum atomic E-state index is -4.03. The third-order valence-electron chi connectivity index (χ3n) is 4.92. The highest BCUT2D eigenvalue weighted by atomic mass is 32.2. The van der Waals surface area contributed by atoms with Crippen LogP contribution in [0.3, 0.4) is 0 Å². The Morgan fingerprint density at radius 3 is 2.71 bits per heavy atom. The predicted molar refractivity (Wildman–Crippen MR) is 97.8 cm³/mol. The number of rotatable bonds is 6. The van der Waals surface area contributed by atoms with E-state index in [9.17, 15) is 18.0 Å². The third-order valence-corrected chi connectivity index (χ3v) is 6.71. The Kier molecular flexibility index (Phi) is 4.94. The lowest BCUT2D eigenvalue weighted by Crippen LogP contribution is -2.44. The molecule has 1 fully saturated rings. The lowest BCUT2D eigenvalue weighted by atomic mass is 10.2. The van der Waals surface area contributed by atoms with Crippen molar-refractivity contribution in [3.8, 4) is 0 Å². The first-order valence-electron chi connectivity index (χ1n) is 9.04. The lowest BCUT2D eigenvalue weighted by Gasteiger charge is -2.26. The van der Waals surface area contributed by atoms with E-state index in [-0.39, 0.29) is 23.1 Å². The van der Waals surface area contributed by atoms with E-state index in [2.05, 4.69) is 0 Å². The predicted octanol–water partition coefficient (Wildman–Crippen LogP) is 1.63. The summed E-state index contributed by atoms with van der Waals surface area (Å²) in [6.45, 7) is 0.584. The van der Waals surface area contributed by atoms with Crippen LogP contribution in [0.15, 0.2) is 52.0 Å². The molecule has 2 aromatic rings. The molecule has 0 saturated carbocycles. The minimum absolute atomic E-state index is 0.0653. The van der Waals surface area contributed by atoms with Crippen LogP contribution in [0.1, 0.15) is 29.0 Å². The number of nitrogens with zero attached hydrogens (tertiary/aromatic N) is 2. The van der Waals surface area contributed by atoms with E-state index in [1.165, 1.54) is 23.3 Å². The molecule has 0 aliphatic carbocycles. The number of hydrogen-bond acceptors (Lipinski definition) is 6. The number of furan rings is 1. The second-order valence-electron chi connectivity index (χ2n) is 6.80. The van der Waals surface area contributed by atoms with Crippen LogP contribution in [0, 0.1) is 0 Å². The zero-order chi connectivity index (χ0) is 19.7. The summed E-state index contributed by atoms with van der Waals surface area (Å²) >= 11 is 0. The maximum Gasteiger partial charge on any atom is 0.269 e. The first-order valence-corrected chi connectivity index (χ1v) is 10.5. The Hall–Kier alpha value is -2.65. The topological polar surface area (TPSA) is 97.1 Å². The molecule has 1 aromatic heterocycles. The van der Waals surface area contributed by atoms with Gasteiger partial charge in [0.1, 0.15) is 17.2 Å². The van der Waals surface area contributed by atoms with Crippen molar-refractivity contribution in [2.45, 2.75) is 30.4 Å². The maximum absolute atomic E-state index is 13.0. The standard InChI is InChI=1S/C19H20N2O6S/c22-18(13-21-19(23)16-7-1-2-8-17(16)28(21,24)25)20(11-14-5-3-9-26-14)12-15-6-4-10-27-15/h1-3,5,7-9,15H,4,6,10-13H2/t15-/m1/s1. The second kappa shape index (κ2) is 7.40. The highest BCUT2D eigenvalue weighted by Gasteiger charge is 2.42. The lowest BCUT2D eigenvalue weighted by molar-refractivity contribution is -0.133. The van der Waals surface area contributed by atoms with Gasteiger partial charge < -0.3 is 14.1 Å². The number of fused-ring (bicyclic) bond motifs is 1. The Balaban J connectivity index is 1.54. The highest BCUT2D eigenvalue weighted by molar-refractivity contribution is 7.90. The summed E-state index contributed by atoms with van der Waals surface area (Å²) < 4.78 is 37.0. The van der Waals surface area contributed by atoms with E-state index in [1.807, 2.05) is 0 Å². The van der Waals surface area contributed by atoms with Gasteiger partial charge in [0.25, 0.3) is 15.9 Å². The summed E-state index contributed by atoms with van der Waals surface area (Å²) in [6.07, 6.45) is 3.15. The van der Waals surface area contributed by atoms with Gasteiger partial charge in [0, 0.05) is 13.2 Å². The van der Waals surface area contributed by atoms with E-state index >= 15 is 0 Å². The molecule has 1 saturated heterocycles. The zero-order valence-electron chi connectivity index (χ0n) is 15.1. The van der Waals surface area contributed by atoms with Gasteiger partial charge in [-0.15, -0.1) is 0 Å². The Bertz CT molecular complexity index is 980. The summed E-state index contributed by atoms with van der Waals surface area (Å²) in [4.78, 5) is 27.0. The molecule has 148 valence electrons. The van der Waals surface area contributed by atoms with Crippen molar-refractivity contribution < 1.29 is 27.2 Å². The fourth-order valence-corrected chi connectivity index (χ4v) is 5.01. The molecule has 3 heterocycles. The van der Waals surface area contributed by atoms with Gasteiger partial charge in [0.2, 0.25) is 5.91 Å². The normalized spacial score (nSPS) is 20.4. The van der Waals surface area contributed by atoms with Crippen LogP contribution in [0.4, 0.5) is 0 Å². The summed E-state index contributed by atoms with van der Waals surface area (Å²) in [5, 5.41) is 0. The van der Waals surface area contributed by atoms with Crippen LogP contribution in [-0.2, 0) is 26.1 Å². The monoisotopic (exact) mass is 404 g/mol. The second-order valence-corrected chi connectivity index (χ2v) is 8.63. The van der Waals surface area contributed by atoms with Crippen LogP contribution in [-0.4, -0.2) is 55.2 Å². The quantitative estimate of drug-likeness (QED) is 0.726. The number of benzene rings is 1. The van der Waals surface area contributed by atoms with Crippen LogP contribution < -0.4 is 0 Å². The molecule has 2 amide bonds. The first kappa shape index (κ1) is 18.7. The van der Waals surface area contributed by atoms with Gasteiger partial charge in [-0.3, -0.25) is 9.59 Å². The zero-order valence-corrected chi connectivity index (χ0v) is 15.9. The fraction of sp³-hybridized carbons (Fsp3) is 0.368. The molecule has 4 rings (SSSR count). The number of hydrogen-bond donors (Lipinski definition) is 0. The van der Waals surface area contributed by atoms with Crippen LogP contribution in [0.2, 0.25) is 0 Å². The minimum Gasteiger partial charge on any atom is -0.467 e. The van der Waals surface area contributed by atoms with Crippen molar-refractivity contribution in [1.29, 1.82) is 0 Å². The average Bonchev–Trinajstić information content (AvgIpc) is 3.41. The first-order chi connectivity index (χ1) is 13.5. The van der Waals surface area contributed by atoms with E-state index in [0.717, 1.165) is 12.8 Å². The molecule has 9 heteroatoms. The van der Waals surface area contributed by atoms with Gasteiger partial charge in [-0.25, -0.2) is 12.7 Å². The number of amides is 2. The van der Waals surface area contributed by atoms with Gasteiger partial charge in [-0.05, 0) is 37.1 Å². The van der Waals surface area contributed by atoms with Gasteiger partial charge in [0.15, 0.2) is 0 Å². The molecule has 0 radical (unpaired) electrons. The highest BCUT2D eigenvalue weighted by Crippen LogP contribution is 2.30. The van der Waals surface area contributed by atoms with Crippen molar-refractivity contribution in [3.63, 3.8) is 0 Å². The maximum atomic E-state index is 13.0. The summed E-state index contributed by atoms with van der Waals surface area (Å²) in [6, 6.07) is 9.43. The number of sulfonamides is 1. The van der Waals surface area contributed by atoms with Gasteiger partial charge in [-0.1, -0.05) is 12.1 Å². The molecule has 0 spiro atoms. The van der Waals surface area contributed by atoms with Crippen LogP contribution in [0.5, 0.6) is 0 Å². The summed E-state index contributed by atoms with van der Waals surface area (Å²) in [7, 11) is -4.03. The van der Waals surface area contributed by atoms with Crippen LogP contribution in [0.25, 0.3) is 0 Å². The van der Waals surface area contributed by atoms with Gasteiger partial charge >= 0.3 is 0 Å². The molecule has 0 unspecified atom stereocenters. The number of carbonyl (C=O) groups excluding carboxylic acids is 2. The van der Waals surface area contributed by atoms with E-state index in [0.29, 0.717) is 23.2 Å². The van der Waals surface area contributed by atoms with Crippen molar-refractivity contribution in [2.75, 3.05) is 19.7 Å². The smallest absolute Gasteiger partial charge is 0.269 e. The molecular formula is C19H20N2O6S. The van der Waals surface area contributed by atoms with E-state index in [4.69, 9.17) is 9.15 Å². The Labute approximate surface area is 162 Å². The molecule has 2 aliphatic rings. The van der Waals surface area contributed by atoms with Crippen molar-refractivity contribution in [3.05, 3.63) is 54.0 Å². The molecule has 8 nitrogen and oxygen atoms in total. The summed E-state index contributed by atoms with van der Waals surface area (Å²) in [5.41, 5.74) is 0.0898. The number of ether oxygens (including phenoxy) is 1.